The van der Waals surface area contributed by atoms with Gasteiger partial charge in [-0.1, -0.05) is 17.7 Å². The minimum Gasteiger partial charge on any atom is -0.478 e. The van der Waals surface area contributed by atoms with Gasteiger partial charge in [-0.3, -0.25) is 4.79 Å². The maximum absolute atomic E-state index is 12.3. The predicted octanol–water partition coefficient (Wildman–Crippen LogP) is 3.87. The first-order valence-corrected chi connectivity index (χ1v) is 7.30. The van der Waals surface area contributed by atoms with E-state index in [1.54, 1.807) is 16.8 Å². The Labute approximate surface area is 134 Å². The molecule has 0 bridgehead atoms. The molecule has 1 amide bonds. The number of benzene rings is 1. The Morgan fingerprint density at radius 3 is 2.76 bits per heavy atom. The third-order valence-electron chi connectivity index (χ3n) is 2.92. The first-order valence-electron chi connectivity index (χ1n) is 6.13. The van der Waals surface area contributed by atoms with E-state index in [1.165, 1.54) is 18.2 Å². The molecule has 0 radical (unpaired) electrons. The summed E-state index contributed by atoms with van der Waals surface area (Å²) in [5, 5.41) is 11.9. The molecule has 1 aromatic heterocycles. The summed E-state index contributed by atoms with van der Waals surface area (Å²) in [7, 11) is 0. The van der Waals surface area contributed by atoms with Crippen LogP contribution in [0.4, 0.5) is 5.69 Å². The lowest BCUT2D eigenvalue weighted by atomic mass is 10.1. The average Bonchev–Trinajstić information content (AvgIpc) is 2.82. The van der Waals surface area contributed by atoms with Crippen LogP contribution in [0.2, 0.25) is 5.02 Å². The van der Waals surface area contributed by atoms with Crippen molar-refractivity contribution >= 4 is 45.1 Å². The Balaban J connectivity index is 2.38. The molecule has 5 nitrogen and oxygen atoms in total. The molecular formula is C14H12BrClN2O3. The number of carbonyl (C=O) groups is 2. The maximum Gasteiger partial charge on any atom is 0.337 e. The molecule has 0 aliphatic carbocycles. The van der Waals surface area contributed by atoms with Crippen LogP contribution < -0.4 is 5.32 Å². The number of amides is 1. The van der Waals surface area contributed by atoms with Crippen molar-refractivity contribution in [3.8, 4) is 0 Å². The summed E-state index contributed by atoms with van der Waals surface area (Å²) in [6, 6.07) is 6.10. The summed E-state index contributed by atoms with van der Waals surface area (Å²) in [6.07, 6.45) is 1.78. The van der Waals surface area contributed by atoms with Gasteiger partial charge in [-0.2, -0.15) is 0 Å². The minimum absolute atomic E-state index is 0.0514. The Morgan fingerprint density at radius 1 is 1.43 bits per heavy atom. The number of carbonyl (C=O) groups excluding carboxylic acids is 1. The molecule has 0 unspecified atom stereocenters. The van der Waals surface area contributed by atoms with Crippen molar-refractivity contribution in [2.75, 3.05) is 5.32 Å². The first-order chi connectivity index (χ1) is 9.93. The van der Waals surface area contributed by atoms with Gasteiger partial charge in [-0.25, -0.2) is 4.79 Å². The molecule has 1 heterocycles. The monoisotopic (exact) mass is 370 g/mol. The molecule has 0 fully saturated rings. The van der Waals surface area contributed by atoms with Gasteiger partial charge in [0.2, 0.25) is 0 Å². The number of aromatic carboxylic acids is 1. The van der Waals surface area contributed by atoms with Crippen molar-refractivity contribution in [1.82, 2.24) is 4.57 Å². The lowest BCUT2D eigenvalue weighted by Gasteiger charge is -2.11. The second-order valence-electron chi connectivity index (χ2n) is 4.25. The van der Waals surface area contributed by atoms with Crippen LogP contribution in [0.1, 0.15) is 27.8 Å². The van der Waals surface area contributed by atoms with E-state index >= 15 is 0 Å². The van der Waals surface area contributed by atoms with E-state index in [2.05, 4.69) is 21.2 Å². The van der Waals surface area contributed by atoms with E-state index in [0.717, 1.165) is 4.47 Å². The highest BCUT2D eigenvalue weighted by molar-refractivity contribution is 9.10. The van der Waals surface area contributed by atoms with Crippen LogP contribution in [0.25, 0.3) is 0 Å². The van der Waals surface area contributed by atoms with Crippen LogP contribution in [-0.2, 0) is 6.54 Å². The fourth-order valence-electron chi connectivity index (χ4n) is 1.93. The number of anilines is 1. The van der Waals surface area contributed by atoms with Crippen molar-refractivity contribution < 1.29 is 14.7 Å². The van der Waals surface area contributed by atoms with Gasteiger partial charge in [-0.15, -0.1) is 0 Å². The van der Waals surface area contributed by atoms with Crippen LogP contribution in [0.3, 0.4) is 0 Å². The third kappa shape index (κ3) is 3.28. The standard InChI is InChI=1S/C14H12BrClN2O3/c1-2-18-7-8(15)6-11(18)13(19)17-12-9(14(20)21)4-3-5-10(12)16/h3-7H,2H2,1H3,(H,17,19)(H,20,21). The number of nitrogens with one attached hydrogen (secondary N) is 1. The van der Waals surface area contributed by atoms with Crippen molar-refractivity contribution in [3.05, 3.63) is 51.2 Å². The minimum atomic E-state index is -1.15. The number of nitrogens with zero attached hydrogens (tertiary/aromatic N) is 1. The van der Waals surface area contributed by atoms with Crippen molar-refractivity contribution in [1.29, 1.82) is 0 Å². The summed E-state index contributed by atoms with van der Waals surface area (Å²) in [4.78, 5) is 23.5. The lowest BCUT2D eigenvalue weighted by Crippen LogP contribution is -2.18. The highest BCUT2D eigenvalue weighted by Crippen LogP contribution is 2.27. The van der Waals surface area contributed by atoms with Crippen molar-refractivity contribution in [3.63, 3.8) is 0 Å². The smallest absolute Gasteiger partial charge is 0.337 e. The van der Waals surface area contributed by atoms with Crippen LogP contribution in [0, 0.1) is 0 Å². The molecule has 21 heavy (non-hydrogen) atoms. The number of carboxylic acids is 1. The number of para-hydroxylation sites is 1. The largest absolute Gasteiger partial charge is 0.478 e. The van der Waals surface area contributed by atoms with Crippen LogP contribution in [0.15, 0.2) is 34.9 Å². The number of aromatic nitrogens is 1. The molecule has 1 aromatic carbocycles. The fourth-order valence-corrected chi connectivity index (χ4v) is 2.62. The fraction of sp³-hybridized carbons (Fsp3) is 0.143. The average molecular weight is 372 g/mol. The molecule has 0 spiro atoms. The second kappa shape index (κ2) is 6.32. The zero-order valence-corrected chi connectivity index (χ0v) is 13.4. The zero-order chi connectivity index (χ0) is 15.6. The molecule has 0 saturated carbocycles. The van der Waals surface area contributed by atoms with Gasteiger partial charge in [0.15, 0.2) is 0 Å². The molecule has 2 N–H and O–H groups in total. The quantitative estimate of drug-likeness (QED) is 0.857. The number of halogens is 2. The van der Waals surface area contributed by atoms with Crippen LogP contribution in [-0.4, -0.2) is 21.6 Å². The van der Waals surface area contributed by atoms with E-state index < -0.39 is 11.9 Å². The van der Waals surface area contributed by atoms with Gasteiger partial charge in [0.05, 0.1) is 16.3 Å². The van der Waals surface area contributed by atoms with E-state index in [9.17, 15) is 9.59 Å². The SMILES string of the molecule is CCn1cc(Br)cc1C(=O)Nc1c(Cl)cccc1C(=O)O. The highest BCUT2D eigenvalue weighted by atomic mass is 79.9. The summed E-state index contributed by atoms with van der Waals surface area (Å²) in [6.45, 7) is 2.52. The van der Waals surface area contributed by atoms with Gasteiger partial charge in [0.1, 0.15) is 5.69 Å². The van der Waals surface area contributed by atoms with Gasteiger partial charge in [-0.05, 0) is 41.1 Å². The summed E-state index contributed by atoms with van der Waals surface area (Å²) < 4.78 is 2.52. The van der Waals surface area contributed by atoms with E-state index in [0.29, 0.717) is 12.2 Å². The topological polar surface area (TPSA) is 71.3 Å². The molecule has 0 aliphatic rings. The molecule has 0 saturated heterocycles. The second-order valence-corrected chi connectivity index (χ2v) is 5.57. The van der Waals surface area contributed by atoms with Gasteiger partial charge in [0, 0.05) is 17.2 Å². The third-order valence-corrected chi connectivity index (χ3v) is 3.67. The van der Waals surface area contributed by atoms with Gasteiger partial charge >= 0.3 is 5.97 Å². The number of carboxylic acid groups (broad SMARTS) is 1. The van der Waals surface area contributed by atoms with Crippen molar-refractivity contribution in [2.24, 2.45) is 0 Å². The Morgan fingerprint density at radius 2 is 2.14 bits per heavy atom. The summed E-state index contributed by atoms with van der Waals surface area (Å²) in [5.74, 6) is -1.57. The maximum atomic E-state index is 12.3. The Kier molecular flexibility index (Phi) is 4.69. The molecule has 110 valence electrons. The summed E-state index contributed by atoms with van der Waals surface area (Å²) >= 11 is 9.30. The zero-order valence-electron chi connectivity index (χ0n) is 11.1. The lowest BCUT2D eigenvalue weighted by molar-refractivity contribution is 0.0698. The summed E-state index contributed by atoms with van der Waals surface area (Å²) in [5.41, 5.74) is 0.460. The first kappa shape index (κ1) is 15.6. The Hall–Kier alpha value is -1.79. The molecule has 2 aromatic rings. The number of hydrogen-bond acceptors (Lipinski definition) is 2. The van der Waals surface area contributed by atoms with Crippen molar-refractivity contribution in [2.45, 2.75) is 13.5 Å². The van der Waals surface area contributed by atoms with Gasteiger partial charge in [0.25, 0.3) is 5.91 Å². The molecular weight excluding hydrogens is 360 g/mol. The molecule has 0 aliphatic heterocycles. The Bertz CT molecular complexity index is 712. The number of hydrogen-bond donors (Lipinski definition) is 2. The molecule has 0 atom stereocenters. The van der Waals surface area contributed by atoms with Gasteiger partial charge < -0.3 is 15.0 Å². The van der Waals surface area contributed by atoms with E-state index in [-0.39, 0.29) is 16.3 Å². The molecule has 2 rings (SSSR count). The normalized spacial score (nSPS) is 10.4. The van der Waals surface area contributed by atoms with Crippen LogP contribution >= 0.6 is 27.5 Å². The molecule has 7 heteroatoms. The van der Waals surface area contributed by atoms with E-state index in [1.807, 2.05) is 6.92 Å². The highest BCUT2D eigenvalue weighted by Gasteiger charge is 2.18. The number of aryl methyl sites for hydroxylation is 1. The van der Waals surface area contributed by atoms with Crippen LogP contribution in [0.5, 0.6) is 0 Å². The van der Waals surface area contributed by atoms with E-state index in [4.69, 9.17) is 16.7 Å². The predicted molar refractivity (Wildman–Crippen MR) is 84.2 cm³/mol. The number of rotatable bonds is 4.